The highest BCUT2D eigenvalue weighted by atomic mass is 32.2. The fourth-order valence-electron chi connectivity index (χ4n) is 3.37. The minimum atomic E-state index is -1.56. The first-order valence-electron chi connectivity index (χ1n) is 10.5. The molecule has 9 heteroatoms. The fourth-order valence-corrected chi connectivity index (χ4v) is 4.80. The van der Waals surface area contributed by atoms with Crippen LogP contribution in [0.4, 0.5) is 14.5 Å². The minimum absolute atomic E-state index is 0.00979. The summed E-state index contributed by atoms with van der Waals surface area (Å²) in [6.45, 7) is 5.40. The van der Waals surface area contributed by atoms with E-state index in [1.165, 1.54) is 12.1 Å². The number of nitrogens with one attached hydrogen (secondary N) is 2. The second-order valence-corrected chi connectivity index (χ2v) is 9.44. The van der Waals surface area contributed by atoms with Crippen LogP contribution in [-0.4, -0.2) is 50.9 Å². The quantitative estimate of drug-likeness (QED) is 0.457. The van der Waals surface area contributed by atoms with E-state index < -0.39 is 27.4 Å². The predicted octanol–water partition coefficient (Wildman–Crippen LogP) is 3.32. The number of aliphatic hydroxyl groups excluding tert-OH is 2. The van der Waals surface area contributed by atoms with Crippen LogP contribution in [0.3, 0.4) is 0 Å². The van der Waals surface area contributed by atoms with E-state index in [-0.39, 0.29) is 42.8 Å². The van der Waals surface area contributed by atoms with Crippen molar-refractivity contribution in [1.82, 2.24) is 9.62 Å². The van der Waals surface area contributed by atoms with Gasteiger partial charge in [0, 0.05) is 32.4 Å². The molecule has 2 aliphatic rings. The van der Waals surface area contributed by atoms with Crippen molar-refractivity contribution in [2.75, 3.05) is 32.1 Å². The van der Waals surface area contributed by atoms with Crippen molar-refractivity contribution in [2.24, 2.45) is 5.92 Å². The standard InChI is InChI=1S/C20H27F2N3O3S.C2H6/c1-13-3-4-17(15(21)7-13)23-19-16(22)9-25(2)10-18(19)24-29(28)20(5-6-20)8-14(11-26)12-27;1-2/h3-4,7,10,14,23-24,26-27H,5-6,8-9,11-12H2,1-2H3;1-2H3. The summed E-state index contributed by atoms with van der Waals surface area (Å²) in [4.78, 5) is 1.61. The second-order valence-electron chi connectivity index (χ2n) is 7.84. The van der Waals surface area contributed by atoms with Crippen molar-refractivity contribution >= 4 is 16.7 Å². The summed E-state index contributed by atoms with van der Waals surface area (Å²) >= 11 is 0. The number of aliphatic hydroxyl groups is 2. The van der Waals surface area contributed by atoms with Crippen LogP contribution in [0.25, 0.3) is 0 Å². The summed E-state index contributed by atoms with van der Waals surface area (Å²) in [6, 6.07) is 4.61. The van der Waals surface area contributed by atoms with E-state index in [1.807, 2.05) is 13.8 Å². The molecule has 6 nitrogen and oxygen atoms in total. The fraction of sp³-hybridized carbons (Fsp3) is 0.545. The van der Waals surface area contributed by atoms with Gasteiger partial charge in [-0.25, -0.2) is 13.0 Å². The van der Waals surface area contributed by atoms with E-state index in [0.717, 1.165) is 5.56 Å². The summed E-state index contributed by atoms with van der Waals surface area (Å²) in [5.41, 5.74) is 1.20. The lowest BCUT2D eigenvalue weighted by Gasteiger charge is -2.28. The molecule has 3 rings (SSSR count). The van der Waals surface area contributed by atoms with Gasteiger partial charge in [-0.3, -0.25) is 0 Å². The molecule has 1 fully saturated rings. The first-order chi connectivity index (χ1) is 14.8. The van der Waals surface area contributed by atoms with Gasteiger partial charge in [0.25, 0.3) is 0 Å². The molecule has 1 aromatic rings. The topological polar surface area (TPSA) is 84.8 Å². The van der Waals surface area contributed by atoms with Gasteiger partial charge in [-0.1, -0.05) is 19.9 Å². The smallest absolute Gasteiger partial charge is 0.146 e. The molecule has 1 heterocycles. The third kappa shape index (κ3) is 6.27. The maximum absolute atomic E-state index is 14.7. The molecule has 1 atom stereocenters. The number of rotatable bonds is 9. The van der Waals surface area contributed by atoms with E-state index in [2.05, 4.69) is 10.0 Å². The van der Waals surface area contributed by atoms with Crippen LogP contribution in [0, 0.1) is 18.7 Å². The molecule has 174 valence electrons. The highest BCUT2D eigenvalue weighted by Gasteiger charge is 2.50. The molecule has 0 spiro atoms. The lowest BCUT2D eigenvalue weighted by Crippen LogP contribution is -2.36. The van der Waals surface area contributed by atoms with Crippen LogP contribution >= 0.6 is 0 Å². The molecule has 0 amide bonds. The van der Waals surface area contributed by atoms with E-state index in [1.54, 1.807) is 31.1 Å². The molecule has 1 saturated carbocycles. The number of benzene rings is 1. The van der Waals surface area contributed by atoms with Crippen LogP contribution in [0.1, 0.15) is 38.7 Å². The molecule has 1 aliphatic carbocycles. The molecular weight excluding hydrogens is 424 g/mol. The monoisotopic (exact) mass is 457 g/mol. The van der Waals surface area contributed by atoms with Crippen molar-refractivity contribution < 1.29 is 23.2 Å². The van der Waals surface area contributed by atoms with Crippen molar-refractivity contribution in [3.63, 3.8) is 0 Å². The van der Waals surface area contributed by atoms with Gasteiger partial charge in [0.05, 0.1) is 28.4 Å². The van der Waals surface area contributed by atoms with Crippen LogP contribution in [-0.2, 0) is 11.0 Å². The maximum Gasteiger partial charge on any atom is 0.146 e. The highest BCUT2D eigenvalue weighted by Crippen LogP contribution is 2.46. The number of aryl methyl sites for hydroxylation is 1. The second kappa shape index (κ2) is 11.1. The Bertz CT molecular complexity index is 852. The van der Waals surface area contributed by atoms with Crippen LogP contribution in [0.2, 0.25) is 0 Å². The summed E-state index contributed by atoms with van der Waals surface area (Å²) in [5.74, 6) is -1.35. The van der Waals surface area contributed by atoms with Crippen molar-refractivity contribution in [1.29, 1.82) is 0 Å². The van der Waals surface area contributed by atoms with Crippen molar-refractivity contribution in [3.8, 4) is 0 Å². The maximum atomic E-state index is 14.7. The Labute approximate surface area is 185 Å². The lowest BCUT2D eigenvalue weighted by molar-refractivity contribution is 0.141. The third-order valence-corrected chi connectivity index (χ3v) is 7.01. The Hall–Kier alpha value is -1.97. The van der Waals surface area contributed by atoms with Gasteiger partial charge < -0.3 is 25.2 Å². The molecule has 0 bridgehead atoms. The summed E-state index contributed by atoms with van der Waals surface area (Å²) in [5, 5.41) is 21.5. The van der Waals surface area contributed by atoms with Gasteiger partial charge in [-0.2, -0.15) is 0 Å². The number of halogens is 2. The number of hydrogen-bond acceptors (Lipinski definition) is 5. The lowest BCUT2D eigenvalue weighted by atomic mass is 10.0. The Balaban J connectivity index is 0.00000166. The Morgan fingerprint density at radius 2 is 1.87 bits per heavy atom. The molecule has 0 saturated heterocycles. The summed E-state index contributed by atoms with van der Waals surface area (Å²) in [7, 11) is 0.128. The van der Waals surface area contributed by atoms with Gasteiger partial charge in [-0.15, -0.1) is 0 Å². The van der Waals surface area contributed by atoms with E-state index >= 15 is 0 Å². The first kappa shape index (κ1) is 25.3. The molecule has 1 unspecified atom stereocenters. The Morgan fingerprint density at radius 3 is 2.42 bits per heavy atom. The number of likely N-dealkylation sites (N-methyl/N-ethyl adjacent to an activating group) is 1. The number of anilines is 1. The normalized spacial score (nSPS) is 18.2. The van der Waals surface area contributed by atoms with Gasteiger partial charge >= 0.3 is 0 Å². The Morgan fingerprint density at radius 1 is 1.23 bits per heavy atom. The largest absolute Gasteiger partial charge is 0.396 e. The van der Waals surface area contributed by atoms with Crippen molar-refractivity contribution in [3.05, 3.63) is 53.0 Å². The summed E-state index contributed by atoms with van der Waals surface area (Å²) in [6.07, 6.45) is 3.41. The van der Waals surface area contributed by atoms with Gasteiger partial charge in [0.15, 0.2) is 0 Å². The number of nitrogens with zero attached hydrogens (tertiary/aromatic N) is 1. The molecule has 0 radical (unpaired) electrons. The molecule has 0 aromatic heterocycles. The van der Waals surface area contributed by atoms with E-state index in [0.29, 0.717) is 19.3 Å². The van der Waals surface area contributed by atoms with Gasteiger partial charge in [-0.05, 0) is 43.9 Å². The molecule has 1 aromatic carbocycles. The van der Waals surface area contributed by atoms with Crippen LogP contribution in [0.5, 0.6) is 0 Å². The zero-order valence-corrected chi connectivity index (χ0v) is 19.4. The van der Waals surface area contributed by atoms with Gasteiger partial charge in [0.2, 0.25) is 0 Å². The Kier molecular flexibility index (Phi) is 9.02. The molecule has 31 heavy (non-hydrogen) atoms. The summed E-state index contributed by atoms with van der Waals surface area (Å²) < 4.78 is 44.3. The zero-order valence-electron chi connectivity index (χ0n) is 18.5. The average molecular weight is 458 g/mol. The average Bonchev–Trinajstić information content (AvgIpc) is 3.52. The zero-order chi connectivity index (χ0) is 23.2. The third-order valence-electron chi connectivity index (χ3n) is 5.24. The molecular formula is C22H33F2N3O3S. The minimum Gasteiger partial charge on any atom is -0.396 e. The molecule has 4 N–H and O–H groups in total. The van der Waals surface area contributed by atoms with Crippen LogP contribution < -0.4 is 10.0 Å². The van der Waals surface area contributed by atoms with E-state index in [9.17, 15) is 23.2 Å². The van der Waals surface area contributed by atoms with E-state index in [4.69, 9.17) is 0 Å². The number of hydrogen-bond donors (Lipinski definition) is 4. The molecule has 1 aliphatic heterocycles. The SMILES string of the molecule is CC.Cc1ccc(NC2=C(F)CN(C)C=C2NS(=O)C2(CC(CO)CO)CC2)c(F)c1. The first-order valence-corrected chi connectivity index (χ1v) is 11.7. The van der Waals surface area contributed by atoms with Gasteiger partial charge in [0.1, 0.15) is 22.6 Å². The highest BCUT2D eigenvalue weighted by molar-refractivity contribution is 7.85. The van der Waals surface area contributed by atoms with Crippen LogP contribution in [0.15, 0.2) is 41.6 Å². The predicted molar refractivity (Wildman–Crippen MR) is 120 cm³/mol. The van der Waals surface area contributed by atoms with Crippen molar-refractivity contribution in [2.45, 2.75) is 44.8 Å².